The van der Waals surface area contributed by atoms with Crippen LogP contribution in [0.4, 0.5) is 0 Å². The van der Waals surface area contributed by atoms with Crippen LogP contribution in [0.1, 0.15) is 17.1 Å². The smallest absolute Gasteiger partial charge is 0.147 e. The summed E-state index contributed by atoms with van der Waals surface area (Å²) in [6.07, 6.45) is 1.49. The maximum atomic E-state index is 5.23. The molecule has 1 aromatic heterocycles. The number of aryl methyl sites for hydroxylation is 2. The van der Waals surface area contributed by atoms with Crippen LogP contribution in [-0.4, -0.2) is 6.21 Å². The van der Waals surface area contributed by atoms with Gasteiger partial charge in [0.2, 0.25) is 0 Å². The molecule has 0 aliphatic carbocycles. The van der Waals surface area contributed by atoms with Gasteiger partial charge in [-0.3, -0.25) is 0 Å². The van der Waals surface area contributed by atoms with Crippen LogP contribution in [0.2, 0.25) is 0 Å². The summed E-state index contributed by atoms with van der Waals surface area (Å²) >= 11 is 0. The van der Waals surface area contributed by atoms with Crippen LogP contribution in [0, 0.1) is 13.8 Å². The Balaban J connectivity index is 2.98. The third-order valence-corrected chi connectivity index (χ3v) is 1.39. The first-order valence-corrected chi connectivity index (χ1v) is 3.04. The minimum atomic E-state index is 0.706. The van der Waals surface area contributed by atoms with Gasteiger partial charge in [-0.2, -0.15) is 5.10 Å². The van der Waals surface area contributed by atoms with E-state index in [9.17, 15) is 0 Å². The minimum absolute atomic E-state index is 0.706. The summed E-state index contributed by atoms with van der Waals surface area (Å²) in [4.78, 5) is 0. The first-order valence-electron chi connectivity index (χ1n) is 3.04. The standard InChI is InChI=1S/C7H10N2O/c1-5-3-7(4-9-8)10-6(5)2/h3-4H,8H2,1-2H3/b9-4-. The number of furan rings is 1. The van der Waals surface area contributed by atoms with Crippen LogP contribution in [0.15, 0.2) is 15.6 Å². The zero-order chi connectivity index (χ0) is 7.56. The Bertz CT molecular complexity index is 231. The molecule has 0 atom stereocenters. The second kappa shape index (κ2) is 2.56. The van der Waals surface area contributed by atoms with Crippen molar-refractivity contribution in [2.75, 3.05) is 0 Å². The lowest BCUT2D eigenvalue weighted by atomic mass is 10.3. The van der Waals surface area contributed by atoms with Crippen LogP contribution in [0.5, 0.6) is 0 Å². The molecule has 0 aliphatic rings. The molecule has 0 saturated heterocycles. The van der Waals surface area contributed by atoms with Gasteiger partial charge in [0.05, 0.1) is 6.21 Å². The molecule has 0 fully saturated rings. The maximum absolute atomic E-state index is 5.23. The van der Waals surface area contributed by atoms with Gasteiger partial charge in [0.1, 0.15) is 11.5 Å². The van der Waals surface area contributed by atoms with Gasteiger partial charge < -0.3 is 10.3 Å². The highest BCUT2D eigenvalue weighted by Crippen LogP contribution is 2.10. The van der Waals surface area contributed by atoms with E-state index in [0.717, 1.165) is 11.3 Å². The van der Waals surface area contributed by atoms with Crippen molar-refractivity contribution in [3.8, 4) is 0 Å². The number of hydrogen-bond acceptors (Lipinski definition) is 3. The van der Waals surface area contributed by atoms with Gasteiger partial charge >= 0.3 is 0 Å². The predicted molar refractivity (Wildman–Crippen MR) is 40.0 cm³/mol. The monoisotopic (exact) mass is 138 g/mol. The molecule has 0 radical (unpaired) electrons. The van der Waals surface area contributed by atoms with Crippen molar-refractivity contribution < 1.29 is 4.42 Å². The maximum Gasteiger partial charge on any atom is 0.147 e. The van der Waals surface area contributed by atoms with Crippen LogP contribution >= 0.6 is 0 Å². The molecule has 1 aromatic rings. The predicted octanol–water partition coefficient (Wildman–Crippen LogP) is 1.19. The van der Waals surface area contributed by atoms with Gasteiger partial charge in [-0.15, -0.1) is 0 Å². The molecule has 0 spiro atoms. The van der Waals surface area contributed by atoms with E-state index in [4.69, 9.17) is 10.3 Å². The second-order valence-electron chi connectivity index (χ2n) is 2.17. The lowest BCUT2D eigenvalue weighted by Crippen LogP contribution is -1.81. The van der Waals surface area contributed by atoms with E-state index in [-0.39, 0.29) is 0 Å². The van der Waals surface area contributed by atoms with Crippen molar-refractivity contribution in [3.05, 3.63) is 23.2 Å². The SMILES string of the molecule is Cc1cc(/C=N\N)oc1C. The largest absolute Gasteiger partial charge is 0.460 e. The molecular formula is C7H10N2O. The average Bonchev–Trinajstić information content (AvgIpc) is 2.14. The van der Waals surface area contributed by atoms with Gasteiger partial charge in [-0.25, -0.2) is 0 Å². The van der Waals surface area contributed by atoms with Gasteiger partial charge in [-0.1, -0.05) is 0 Å². The van der Waals surface area contributed by atoms with E-state index in [1.54, 1.807) is 0 Å². The quantitative estimate of drug-likeness (QED) is 0.360. The number of nitrogens with zero attached hydrogens (tertiary/aromatic N) is 1. The van der Waals surface area contributed by atoms with Crippen LogP contribution in [0.3, 0.4) is 0 Å². The van der Waals surface area contributed by atoms with Crippen molar-refractivity contribution in [2.24, 2.45) is 10.9 Å². The molecule has 0 aliphatic heterocycles. The molecule has 1 heterocycles. The van der Waals surface area contributed by atoms with Crippen LogP contribution < -0.4 is 5.84 Å². The van der Waals surface area contributed by atoms with E-state index in [2.05, 4.69) is 5.10 Å². The lowest BCUT2D eigenvalue weighted by molar-refractivity contribution is 0.525. The average molecular weight is 138 g/mol. The highest BCUT2D eigenvalue weighted by atomic mass is 16.3. The first-order chi connectivity index (χ1) is 4.74. The van der Waals surface area contributed by atoms with Gasteiger partial charge in [0.25, 0.3) is 0 Å². The fourth-order valence-electron chi connectivity index (χ4n) is 0.739. The lowest BCUT2D eigenvalue weighted by Gasteiger charge is -1.81. The summed E-state index contributed by atoms with van der Waals surface area (Å²) in [5.41, 5.74) is 1.12. The molecular weight excluding hydrogens is 128 g/mol. The summed E-state index contributed by atoms with van der Waals surface area (Å²) in [7, 11) is 0. The highest BCUT2D eigenvalue weighted by molar-refractivity contribution is 5.75. The van der Waals surface area contributed by atoms with E-state index in [1.165, 1.54) is 6.21 Å². The molecule has 0 unspecified atom stereocenters. The Morgan fingerprint density at radius 1 is 1.60 bits per heavy atom. The Morgan fingerprint density at radius 3 is 2.70 bits per heavy atom. The molecule has 2 N–H and O–H groups in total. The Morgan fingerprint density at radius 2 is 2.30 bits per heavy atom. The molecule has 10 heavy (non-hydrogen) atoms. The number of rotatable bonds is 1. The Hall–Kier alpha value is -1.25. The first kappa shape index (κ1) is 6.86. The molecule has 54 valence electrons. The molecule has 3 heteroatoms. The van der Waals surface area contributed by atoms with Crippen molar-refractivity contribution in [1.29, 1.82) is 0 Å². The minimum Gasteiger partial charge on any atom is -0.460 e. The molecule has 0 aromatic carbocycles. The summed E-state index contributed by atoms with van der Waals surface area (Å²) in [5.74, 6) is 6.55. The summed E-state index contributed by atoms with van der Waals surface area (Å²) in [6, 6.07) is 1.89. The molecule has 0 bridgehead atoms. The molecule has 0 amide bonds. The Kier molecular flexibility index (Phi) is 1.76. The third kappa shape index (κ3) is 1.18. The summed E-state index contributed by atoms with van der Waals surface area (Å²) in [6.45, 7) is 3.88. The zero-order valence-corrected chi connectivity index (χ0v) is 6.09. The second-order valence-corrected chi connectivity index (χ2v) is 2.17. The summed E-state index contributed by atoms with van der Waals surface area (Å²) in [5, 5.41) is 3.34. The third-order valence-electron chi connectivity index (χ3n) is 1.39. The van der Waals surface area contributed by atoms with Gasteiger partial charge in [0.15, 0.2) is 0 Å². The van der Waals surface area contributed by atoms with Crippen molar-refractivity contribution in [1.82, 2.24) is 0 Å². The Labute approximate surface area is 59.5 Å². The topological polar surface area (TPSA) is 51.5 Å². The van der Waals surface area contributed by atoms with E-state index in [0.29, 0.717) is 5.76 Å². The van der Waals surface area contributed by atoms with Crippen molar-refractivity contribution in [2.45, 2.75) is 13.8 Å². The van der Waals surface area contributed by atoms with Gasteiger partial charge in [-0.05, 0) is 25.5 Å². The normalized spacial score (nSPS) is 11.0. The van der Waals surface area contributed by atoms with E-state index < -0.39 is 0 Å². The number of hydrazone groups is 1. The fraction of sp³-hybridized carbons (Fsp3) is 0.286. The van der Waals surface area contributed by atoms with E-state index >= 15 is 0 Å². The highest BCUT2D eigenvalue weighted by Gasteiger charge is 1.98. The van der Waals surface area contributed by atoms with Gasteiger partial charge in [0, 0.05) is 0 Å². The van der Waals surface area contributed by atoms with Crippen molar-refractivity contribution in [3.63, 3.8) is 0 Å². The van der Waals surface area contributed by atoms with Crippen molar-refractivity contribution >= 4 is 6.21 Å². The summed E-state index contributed by atoms with van der Waals surface area (Å²) < 4.78 is 5.23. The van der Waals surface area contributed by atoms with Crippen LogP contribution in [-0.2, 0) is 0 Å². The fourth-order valence-corrected chi connectivity index (χ4v) is 0.739. The molecule has 1 rings (SSSR count). The van der Waals surface area contributed by atoms with Crippen LogP contribution in [0.25, 0.3) is 0 Å². The number of hydrogen-bond donors (Lipinski definition) is 1. The number of nitrogens with two attached hydrogens (primary N) is 1. The molecule has 3 nitrogen and oxygen atoms in total. The van der Waals surface area contributed by atoms with E-state index in [1.807, 2.05) is 19.9 Å². The molecule has 0 saturated carbocycles. The zero-order valence-electron chi connectivity index (χ0n) is 6.09.